The summed E-state index contributed by atoms with van der Waals surface area (Å²) >= 11 is 0. The van der Waals surface area contributed by atoms with Gasteiger partial charge in [-0.2, -0.15) is 0 Å². The van der Waals surface area contributed by atoms with Gasteiger partial charge in [-0.1, -0.05) is 13.0 Å². The molecule has 0 amide bonds. The number of carboxylic acid groups (broad SMARTS) is 1. The molecule has 0 atom stereocenters. The van der Waals surface area contributed by atoms with Crippen LogP contribution in [-0.2, 0) is 0 Å². The number of piperidine rings is 1. The topological polar surface area (TPSA) is 69.4 Å². The molecular formula is C13H17N2O2-. The lowest BCUT2D eigenvalue weighted by Gasteiger charge is -2.33. The first kappa shape index (κ1) is 11.8. The lowest BCUT2D eigenvalue weighted by Crippen LogP contribution is -2.33. The zero-order valence-electron chi connectivity index (χ0n) is 9.98. The zero-order chi connectivity index (χ0) is 12.4. The molecule has 2 N–H and O–H groups in total. The molecule has 4 nitrogen and oxygen atoms in total. The van der Waals surface area contributed by atoms with E-state index in [-0.39, 0.29) is 5.56 Å². The number of anilines is 2. The SMILES string of the molecule is CC1CCN(c2ccc(C(=O)[O-])cc2N)CC1. The fourth-order valence-corrected chi connectivity index (χ4v) is 2.22. The van der Waals surface area contributed by atoms with E-state index in [1.807, 2.05) is 0 Å². The number of benzene rings is 1. The van der Waals surface area contributed by atoms with Crippen molar-refractivity contribution in [2.24, 2.45) is 5.92 Å². The Balaban J connectivity index is 2.19. The van der Waals surface area contributed by atoms with Crippen LogP contribution in [0.25, 0.3) is 0 Å². The van der Waals surface area contributed by atoms with Gasteiger partial charge in [-0.3, -0.25) is 0 Å². The predicted octanol–water partition coefficient (Wildman–Crippen LogP) is 0.869. The largest absolute Gasteiger partial charge is 0.545 e. The minimum Gasteiger partial charge on any atom is -0.545 e. The van der Waals surface area contributed by atoms with Crippen molar-refractivity contribution in [3.05, 3.63) is 23.8 Å². The molecular weight excluding hydrogens is 216 g/mol. The van der Waals surface area contributed by atoms with Gasteiger partial charge in [0.25, 0.3) is 0 Å². The van der Waals surface area contributed by atoms with E-state index in [0.29, 0.717) is 5.69 Å². The minimum atomic E-state index is -1.18. The van der Waals surface area contributed by atoms with Gasteiger partial charge in [-0.15, -0.1) is 0 Å². The Kier molecular flexibility index (Phi) is 3.22. The average Bonchev–Trinajstić information content (AvgIpc) is 2.30. The normalized spacial score (nSPS) is 17.1. The Hall–Kier alpha value is -1.71. The van der Waals surface area contributed by atoms with E-state index in [4.69, 9.17) is 5.73 Å². The first-order chi connectivity index (χ1) is 8.08. The lowest BCUT2D eigenvalue weighted by atomic mass is 9.98. The maximum atomic E-state index is 10.7. The second kappa shape index (κ2) is 4.65. The van der Waals surface area contributed by atoms with Gasteiger partial charge in [0, 0.05) is 13.1 Å². The molecule has 1 aromatic carbocycles. The Morgan fingerprint density at radius 3 is 2.59 bits per heavy atom. The third-order valence-corrected chi connectivity index (χ3v) is 3.39. The van der Waals surface area contributed by atoms with Crippen LogP contribution in [0.4, 0.5) is 11.4 Å². The molecule has 0 unspecified atom stereocenters. The highest BCUT2D eigenvalue weighted by Gasteiger charge is 2.17. The van der Waals surface area contributed by atoms with Gasteiger partial charge in [0.1, 0.15) is 0 Å². The number of carboxylic acids is 1. The van der Waals surface area contributed by atoms with Gasteiger partial charge in [-0.25, -0.2) is 0 Å². The van der Waals surface area contributed by atoms with E-state index in [1.165, 1.54) is 6.07 Å². The summed E-state index contributed by atoms with van der Waals surface area (Å²) in [6.07, 6.45) is 2.31. The van der Waals surface area contributed by atoms with Crippen molar-refractivity contribution in [1.29, 1.82) is 0 Å². The third kappa shape index (κ3) is 2.52. The molecule has 1 saturated heterocycles. The third-order valence-electron chi connectivity index (χ3n) is 3.39. The lowest BCUT2D eigenvalue weighted by molar-refractivity contribution is -0.255. The van der Waals surface area contributed by atoms with Crippen LogP contribution in [0.5, 0.6) is 0 Å². The summed E-state index contributed by atoms with van der Waals surface area (Å²) < 4.78 is 0. The molecule has 1 aliphatic heterocycles. The van der Waals surface area contributed by atoms with Gasteiger partial charge in [-0.05, 0) is 36.5 Å². The van der Waals surface area contributed by atoms with E-state index in [2.05, 4.69) is 11.8 Å². The molecule has 1 fully saturated rings. The van der Waals surface area contributed by atoms with Crippen LogP contribution in [0.1, 0.15) is 30.1 Å². The minimum absolute atomic E-state index is 0.136. The van der Waals surface area contributed by atoms with E-state index < -0.39 is 5.97 Å². The van der Waals surface area contributed by atoms with Crippen LogP contribution >= 0.6 is 0 Å². The van der Waals surface area contributed by atoms with Gasteiger partial charge >= 0.3 is 0 Å². The Morgan fingerprint density at radius 2 is 2.06 bits per heavy atom. The summed E-state index contributed by atoms with van der Waals surface area (Å²) in [7, 11) is 0. The zero-order valence-corrected chi connectivity index (χ0v) is 9.98. The highest BCUT2D eigenvalue weighted by molar-refractivity contribution is 5.89. The molecule has 0 radical (unpaired) electrons. The van der Waals surface area contributed by atoms with Crippen molar-refractivity contribution in [2.75, 3.05) is 23.7 Å². The number of nitrogens with two attached hydrogens (primary N) is 1. The van der Waals surface area contributed by atoms with Crippen LogP contribution in [0.2, 0.25) is 0 Å². The van der Waals surface area contributed by atoms with E-state index >= 15 is 0 Å². The summed E-state index contributed by atoms with van der Waals surface area (Å²) in [5, 5.41) is 10.7. The summed E-state index contributed by atoms with van der Waals surface area (Å²) in [5.74, 6) is -0.425. The van der Waals surface area contributed by atoms with Crippen LogP contribution in [0, 0.1) is 5.92 Å². The number of rotatable bonds is 2. The van der Waals surface area contributed by atoms with E-state index in [0.717, 1.165) is 37.5 Å². The molecule has 92 valence electrons. The molecule has 0 saturated carbocycles. The second-order valence-electron chi connectivity index (χ2n) is 4.73. The number of nitrogen functional groups attached to an aromatic ring is 1. The van der Waals surface area contributed by atoms with Crippen molar-refractivity contribution in [1.82, 2.24) is 0 Å². The molecule has 17 heavy (non-hydrogen) atoms. The Morgan fingerprint density at radius 1 is 1.41 bits per heavy atom. The summed E-state index contributed by atoms with van der Waals surface area (Å²) in [4.78, 5) is 12.9. The van der Waals surface area contributed by atoms with Crippen molar-refractivity contribution in [3.63, 3.8) is 0 Å². The molecule has 1 heterocycles. The fraction of sp³-hybridized carbons (Fsp3) is 0.462. The van der Waals surface area contributed by atoms with Crippen molar-refractivity contribution < 1.29 is 9.90 Å². The van der Waals surface area contributed by atoms with Crippen LogP contribution in [-0.4, -0.2) is 19.1 Å². The predicted molar refractivity (Wildman–Crippen MR) is 65.8 cm³/mol. The van der Waals surface area contributed by atoms with Gasteiger partial charge in [0.15, 0.2) is 0 Å². The van der Waals surface area contributed by atoms with Crippen LogP contribution < -0.4 is 15.7 Å². The van der Waals surface area contributed by atoms with Crippen LogP contribution in [0.15, 0.2) is 18.2 Å². The summed E-state index contributed by atoms with van der Waals surface area (Å²) in [6, 6.07) is 4.80. The molecule has 2 rings (SSSR count). The van der Waals surface area contributed by atoms with Gasteiger partial charge in [0.2, 0.25) is 0 Å². The fourth-order valence-electron chi connectivity index (χ4n) is 2.22. The number of hydrogen-bond acceptors (Lipinski definition) is 4. The molecule has 0 aromatic heterocycles. The van der Waals surface area contributed by atoms with Crippen LogP contribution in [0.3, 0.4) is 0 Å². The smallest absolute Gasteiger partial charge is 0.0716 e. The highest BCUT2D eigenvalue weighted by Crippen LogP contribution is 2.28. The van der Waals surface area contributed by atoms with Crippen molar-refractivity contribution in [3.8, 4) is 0 Å². The Labute approximate surface area is 101 Å². The standard InChI is InChI=1S/C13H18N2O2/c1-9-4-6-15(7-5-9)12-3-2-10(13(16)17)8-11(12)14/h2-3,8-9H,4-7,14H2,1H3,(H,16,17)/p-1. The monoisotopic (exact) mass is 233 g/mol. The first-order valence-corrected chi connectivity index (χ1v) is 5.93. The average molecular weight is 233 g/mol. The number of nitrogens with zero attached hydrogens (tertiary/aromatic N) is 1. The molecule has 0 spiro atoms. The Bertz CT molecular complexity index is 423. The maximum Gasteiger partial charge on any atom is 0.0716 e. The molecule has 1 aromatic rings. The second-order valence-corrected chi connectivity index (χ2v) is 4.73. The molecule has 0 aliphatic carbocycles. The van der Waals surface area contributed by atoms with E-state index in [1.54, 1.807) is 12.1 Å². The highest BCUT2D eigenvalue weighted by atomic mass is 16.4. The molecule has 1 aliphatic rings. The molecule has 0 bridgehead atoms. The van der Waals surface area contributed by atoms with Gasteiger partial charge < -0.3 is 20.5 Å². The number of hydrogen-bond donors (Lipinski definition) is 1. The number of carbonyl (C=O) groups excluding carboxylic acids is 1. The first-order valence-electron chi connectivity index (χ1n) is 5.93. The number of aromatic carboxylic acids is 1. The quantitative estimate of drug-likeness (QED) is 0.769. The van der Waals surface area contributed by atoms with Crippen molar-refractivity contribution >= 4 is 17.3 Å². The number of carbonyl (C=O) groups is 1. The maximum absolute atomic E-state index is 10.7. The van der Waals surface area contributed by atoms with Crippen molar-refractivity contribution in [2.45, 2.75) is 19.8 Å². The molecule has 4 heteroatoms. The van der Waals surface area contributed by atoms with Gasteiger partial charge in [0.05, 0.1) is 17.3 Å². The summed E-state index contributed by atoms with van der Waals surface area (Å²) in [6.45, 7) is 4.21. The summed E-state index contributed by atoms with van der Waals surface area (Å²) in [5.41, 5.74) is 7.48. The van der Waals surface area contributed by atoms with E-state index in [9.17, 15) is 9.90 Å².